The van der Waals surface area contributed by atoms with E-state index in [0.29, 0.717) is 0 Å². The van der Waals surface area contributed by atoms with E-state index in [4.69, 9.17) is 0 Å². The van der Waals surface area contributed by atoms with Crippen molar-refractivity contribution in [3.8, 4) is 22.3 Å². The van der Waals surface area contributed by atoms with Crippen LogP contribution in [-0.2, 0) is 0 Å². The standard InChI is InChI=1S/C54H38N2/c1-3-22-43(23-4-1)55(53-30-14-20-40-17-8-11-27-49(40)53)45-34-32-42(33-35-45)48-37-36-46(38-52(48)51-29-13-19-39-16-7-10-26-47(39)51)56(44-24-5-2-6-25-44)54-31-15-21-41-18-9-12-28-50(41)54/h1-38H. The average molecular weight is 715 g/mol. The van der Waals surface area contributed by atoms with Gasteiger partial charge in [0.05, 0.1) is 11.4 Å². The van der Waals surface area contributed by atoms with Crippen LogP contribution in [0.5, 0.6) is 0 Å². The zero-order chi connectivity index (χ0) is 37.3. The maximum atomic E-state index is 2.39. The average Bonchev–Trinajstić information content (AvgIpc) is 3.27. The summed E-state index contributed by atoms with van der Waals surface area (Å²) in [6.45, 7) is 0. The molecule has 10 aromatic rings. The molecule has 0 atom stereocenters. The van der Waals surface area contributed by atoms with E-state index >= 15 is 0 Å². The fraction of sp³-hybridized carbons (Fsp3) is 0. The highest BCUT2D eigenvalue weighted by molar-refractivity contribution is 6.04. The second kappa shape index (κ2) is 14.4. The summed E-state index contributed by atoms with van der Waals surface area (Å²) in [6, 6.07) is 83.2. The molecule has 2 nitrogen and oxygen atoms in total. The molecule has 0 aliphatic rings. The van der Waals surface area contributed by atoms with Gasteiger partial charge < -0.3 is 9.80 Å². The Balaban J connectivity index is 1.16. The number of rotatable bonds is 8. The maximum absolute atomic E-state index is 2.39. The van der Waals surface area contributed by atoms with E-state index in [-0.39, 0.29) is 0 Å². The van der Waals surface area contributed by atoms with Crippen molar-refractivity contribution in [1.29, 1.82) is 0 Å². The lowest BCUT2D eigenvalue weighted by molar-refractivity contribution is 1.29. The van der Waals surface area contributed by atoms with E-state index in [1.807, 2.05) is 0 Å². The molecule has 56 heavy (non-hydrogen) atoms. The van der Waals surface area contributed by atoms with Gasteiger partial charge in [-0.05, 0) is 104 Å². The van der Waals surface area contributed by atoms with Gasteiger partial charge in [0.25, 0.3) is 0 Å². The molecular weight excluding hydrogens is 677 g/mol. The van der Waals surface area contributed by atoms with Crippen LogP contribution >= 0.6 is 0 Å². The van der Waals surface area contributed by atoms with E-state index in [9.17, 15) is 0 Å². The Hall–Kier alpha value is -7.42. The summed E-state index contributed by atoms with van der Waals surface area (Å²) in [6.07, 6.45) is 0. The first-order valence-corrected chi connectivity index (χ1v) is 19.2. The lowest BCUT2D eigenvalue weighted by atomic mass is 9.90. The summed E-state index contributed by atoms with van der Waals surface area (Å²) in [5.41, 5.74) is 11.4. The first-order valence-electron chi connectivity index (χ1n) is 19.2. The molecular formula is C54H38N2. The summed E-state index contributed by atoms with van der Waals surface area (Å²) in [7, 11) is 0. The molecule has 10 rings (SSSR count). The Bertz CT molecular complexity index is 2950. The number of hydrogen-bond donors (Lipinski definition) is 0. The Morgan fingerprint density at radius 2 is 0.643 bits per heavy atom. The SMILES string of the molecule is c1ccc(N(c2ccc(-c3ccc(N(c4ccccc4)c4cccc5ccccc45)cc3-c3cccc4ccccc34)cc2)c2cccc3ccccc23)cc1. The zero-order valence-electron chi connectivity index (χ0n) is 30.8. The van der Waals surface area contributed by atoms with Crippen molar-refractivity contribution >= 4 is 66.4 Å². The van der Waals surface area contributed by atoms with Crippen molar-refractivity contribution in [3.05, 3.63) is 231 Å². The molecule has 0 saturated carbocycles. The van der Waals surface area contributed by atoms with Crippen LogP contribution in [-0.4, -0.2) is 0 Å². The van der Waals surface area contributed by atoms with Crippen LogP contribution < -0.4 is 9.80 Å². The van der Waals surface area contributed by atoms with Crippen molar-refractivity contribution in [1.82, 2.24) is 0 Å². The smallest absolute Gasteiger partial charge is 0.0540 e. The Kier molecular flexibility index (Phi) is 8.55. The van der Waals surface area contributed by atoms with Gasteiger partial charge in [0.1, 0.15) is 0 Å². The number of hydrogen-bond acceptors (Lipinski definition) is 2. The van der Waals surface area contributed by atoms with E-state index in [1.165, 1.54) is 49.0 Å². The molecule has 0 unspecified atom stereocenters. The minimum Gasteiger partial charge on any atom is -0.310 e. The quantitative estimate of drug-likeness (QED) is 0.155. The lowest BCUT2D eigenvalue weighted by Crippen LogP contribution is -2.11. The Morgan fingerprint density at radius 1 is 0.232 bits per heavy atom. The summed E-state index contributed by atoms with van der Waals surface area (Å²) in [5, 5.41) is 7.30. The van der Waals surface area contributed by atoms with E-state index < -0.39 is 0 Å². The fourth-order valence-electron chi connectivity index (χ4n) is 8.21. The molecule has 0 N–H and O–H groups in total. The maximum Gasteiger partial charge on any atom is 0.0540 e. The van der Waals surface area contributed by atoms with Gasteiger partial charge in [-0.1, -0.05) is 170 Å². The molecule has 0 bridgehead atoms. The summed E-state index contributed by atoms with van der Waals surface area (Å²) in [5.74, 6) is 0. The molecule has 0 heterocycles. The minimum absolute atomic E-state index is 1.10. The molecule has 0 aliphatic carbocycles. The lowest BCUT2D eigenvalue weighted by Gasteiger charge is -2.28. The molecule has 264 valence electrons. The van der Waals surface area contributed by atoms with Crippen LogP contribution in [0.1, 0.15) is 0 Å². The summed E-state index contributed by atoms with van der Waals surface area (Å²) < 4.78 is 0. The van der Waals surface area contributed by atoms with Gasteiger partial charge in [-0.2, -0.15) is 0 Å². The van der Waals surface area contributed by atoms with E-state index in [0.717, 1.165) is 39.7 Å². The second-order valence-electron chi connectivity index (χ2n) is 14.1. The first kappa shape index (κ1) is 33.2. The summed E-state index contributed by atoms with van der Waals surface area (Å²) in [4.78, 5) is 4.76. The minimum atomic E-state index is 1.10. The molecule has 0 amide bonds. The van der Waals surface area contributed by atoms with Gasteiger partial charge in [0.2, 0.25) is 0 Å². The topological polar surface area (TPSA) is 6.48 Å². The van der Waals surface area contributed by atoms with Gasteiger partial charge >= 0.3 is 0 Å². The van der Waals surface area contributed by atoms with Gasteiger partial charge in [0, 0.05) is 33.5 Å². The van der Waals surface area contributed by atoms with Gasteiger partial charge in [0.15, 0.2) is 0 Å². The van der Waals surface area contributed by atoms with Crippen LogP contribution in [0.3, 0.4) is 0 Å². The number of fused-ring (bicyclic) bond motifs is 3. The third kappa shape index (κ3) is 6.04. The van der Waals surface area contributed by atoms with Crippen LogP contribution in [0.4, 0.5) is 34.1 Å². The zero-order valence-corrected chi connectivity index (χ0v) is 30.8. The molecule has 10 aromatic carbocycles. The predicted octanol–water partition coefficient (Wildman–Crippen LogP) is 15.4. The molecule has 0 fully saturated rings. The molecule has 0 spiro atoms. The highest BCUT2D eigenvalue weighted by Crippen LogP contribution is 2.45. The van der Waals surface area contributed by atoms with Crippen LogP contribution in [0, 0.1) is 0 Å². The first-order chi connectivity index (χ1) is 27.8. The monoisotopic (exact) mass is 714 g/mol. The number of anilines is 6. The van der Waals surface area contributed by atoms with Crippen molar-refractivity contribution < 1.29 is 0 Å². The highest BCUT2D eigenvalue weighted by atomic mass is 15.1. The van der Waals surface area contributed by atoms with E-state index in [1.54, 1.807) is 0 Å². The van der Waals surface area contributed by atoms with Crippen LogP contribution in [0.15, 0.2) is 231 Å². The number of para-hydroxylation sites is 2. The molecule has 2 heteroatoms. The van der Waals surface area contributed by atoms with Crippen LogP contribution in [0.25, 0.3) is 54.6 Å². The Morgan fingerprint density at radius 3 is 1.21 bits per heavy atom. The molecule has 0 aromatic heterocycles. The van der Waals surface area contributed by atoms with Crippen molar-refractivity contribution in [3.63, 3.8) is 0 Å². The normalized spacial score (nSPS) is 11.2. The van der Waals surface area contributed by atoms with Gasteiger partial charge in [-0.3, -0.25) is 0 Å². The predicted molar refractivity (Wildman–Crippen MR) is 239 cm³/mol. The van der Waals surface area contributed by atoms with Crippen molar-refractivity contribution in [2.24, 2.45) is 0 Å². The molecule has 0 aliphatic heterocycles. The summed E-state index contributed by atoms with van der Waals surface area (Å²) >= 11 is 0. The number of benzene rings is 10. The fourth-order valence-corrected chi connectivity index (χ4v) is 8.21. The third-order valence-corrected chi connectivity index (χ3v) is 10.8. The molecule has 0 saturated heterocycles. The third-order valence-electron chi connectivity index (χ3n) is 10.8. The van der Waals surface area contributed by atoms with Gasteiger partial charge in [-0.15, -0.1) is 0 Å². The molecule has 0 radical (unpaired) electrons. The largest absolute Gasteiger partial charge is 0.310 e. The highest BCUT2D eigenvalue weighted by Gasteiger charge is 2.20. The van der Waals surface area contributed by atoms with E-state index in [2.05, 4.69) is 240 Å². The second-order valence-corrected chi connectivity index (χ2v) is 14.1. The van der Waals surface area contributed by atoms with Crippen molar-refractivity contribution in [2.75, 3.05) is 9.80 Å². The Labute approximate surface area is 327 Å². The number of nitrogens with zero attached hydrogens (tertiary/aromatic N) is 2. The van der Waals surface area contributed by atoms with Crippen LogP contribution in [0.2, 0.25) is 0 Å². The van der Waals surface area contributed by atoms with Crippen molar-refractivity contribution in [2.45, 2.75) is 0 Å². The van der Waals surface area contributed by atoms with Gasteiger partial charge in [-0.25, -0.2) is 0 Å².